The Morgan fingerprint density at radius 3 is 2.67 bits per heavy atom. The monoisotopic (exact) mass is 298 g/mol. The maximum absolute atomic E-state index is 12.6. The molecule has 21 heavy (non-hydrogen) atoms. The molecule has 0 aromatic heterocycles. The Balaban J connectivity index is 1.83. The lowest BCUT2D eigenvalue weighted by molar-refractivity contribution is -0.136. The zero-order chi connectivity index (χ0) is 15.2. The molecule has 2 amide bonds. The number of hydrogen-bond donors (Lipinski definition) is 1. The molecule has 0 aromatic carbocycles. The van der Waals surface area contributed by atoms with Crippen molar-refractivity contribution in [1.29, 1.82) is 0 Å². The molecule has 1 aliphatic heterocycles. The number of nitrogens with one attached hydrogen (secondary N) is 1. The van der Waals surface area contributed by atoms with Gasteiger partial charge in [0.05, 0.1) is 6.61 Å². The maximum Gasteiger partial charge on any atom is 0.245 e. The fourth-order valence-corrected chi connectivity index (χ4v) is 2.72. The summed E-state index contributed by atoms with van der Waals surface area (Å²) in [7, 11) is 1.67. The van der Waals surface area contributed by atoms with E-state index in [4.69, 9.17) is 9.47 Å². The number of ether oxygens (including phenoxy) is 2. The average Bonchev–Trinajstić information content (AvgIpc) is 3.27. The normalized spacial score (nSPS) is 26.7. The third-order valence-corrected chi connectivity index (χ3v) is 4.09. The fraction of sp³-hybridized carbons (Fsp3) is 0.867. The molecule has 0 radical (unpaired) electrons. The Hall–Kier alpha value is -1.14. The highest BCUT2D eigenvalue weighted by Gasteiger charge is 2.42. The van der Waals surface area contributed by atoms with Crippen LogP contribution in [0.15, 0.2) is 0 Å². The van der Waals surface area contributed by atoms with Gasteiger partial charge in [-0.25, -0.2) is 0 Å². The highest BCUT2D eigenvalue weighted by Crippen LogP contribution is 2.34. The first-order valence-corrected chi connectivity index (χ1v) is 7.80. The van der Waals surface area contributed by atoms with Crippen molar-refractivity contribution in [1.82, 2.24) is 10.2 Å². The Kier molecular flexibility index (Phi) is 5.99. The Bertz CT molecular complexity index is 371. The van der Waals surface area contributed by atoms with Gasteiger partial charge in [0.1, 0.15) is 6.04 Å². The van der Waals surface area contributed by atoms with Gasteiger partial charge in [-0.2, -0.15) is 0 Å². The topological polar surface area (TPSA) is 67.9 Å². The molecule has 1 heterocycles. The summed E-state index contributed by atoms with van der Waals surface area (Å²) in [6.45, 7) is 4.29. The molecule has 2 aliphatic rings. The second kappa shape index (κ2) is 7.75. The van der Waals surface area contributed by atoms with Crippen molar-refractivity contribution in [3.8, 4) is 0 Å². The van der Waals surface area contributed by atoms with E-state index in [1.807, 2.05) is 6.92 Å². The van der Waals surface area contributed by atoms with Crippen molar-refractivity contribution < 1.29 is 19.1 Å². The third-order valence-electron chi connectivity index (χ3n) is 4.09. The van der Waals surface area contributed by atoms with Crippen LogP contribution in [-0.4, -0.2) is 62.3 Å². The summed E-state index contributed by atoms with van der Waals surface area (Å²) < 4.78 is 10.5. The molecule has 0 aromatic rings. The predicted octanol–water partition coefficient (Wildman–Crippen LogP) is 0.555. The van der Waals surface area contributed by atoms with Gasteiger partial charge in [0.2, 0.25) is 11.8 Å². The first-order chi connectivity index (χ1) is 10.1. The van der Waals surface area contributed by atoms with Gasteiger partial charge in [0.15, 0.2) is 0 Å². The Morgan fingerprint density at radius 1 is 1.24 bits per heavy atom. The van der Waals surface area contributed by atoms with Crippen molar-refractivity contribution in [2.24, 2.45) is 5.92 Å². The summed E-state index contributed by atoms with van der Waals surface area (Å²) in [5.41, 5.74) is 0. The molecule has 120 valence electrons. The van der Waals surface area contributed by atoms with E-state index in [0.717, 1.165) is 19.3 Å². The summed E-state index contributed by atoms with van der Waals surface area (Å²) >= 11 is 0. The van der Waals surface area contributed by atoms with Gasteiger partial charge in [-0.15, -0.1) is 0 Å². The van der Waals surface area contributed by atoms with Crippen LogP contribution in [0.3, 0.4) is 0 Å². The number of carbonyl (C=O) groups excluding carboxylic acids is 2. The van der Waals surface area contributed by atoms with Gasteiger partial charge in [-0.05, 0) is 32.1 Å². The minimum atomic E-state index is -0.323. The van der Waals surface area contributed by atoms with Crippen LogP contribution in [0.1, 0.15) is 32.6 Å². The van der Waals surface area contributed by atoms with E-state index >= 15 is 0 Å². The standard InChI is InChI=1S/C15H26N2O4/c1-11-10-13(18)16-14(12-4-5-12)15(19)17(11)6-9-21-8-3-7-20-2/h11-12,14H,3-10H2,1-2H3,(H,16,18). The summed E-state index contributed by atoms with van der Waals surface area (Å²) in [5.74, 6) is 0.365. The number of amides is 2. The predicted molar refractivity (Wildman–Crippen MR) is 77.8 cm³/mol. The first-order valence-electron chi connectivity index (χ1n) is 7.80. The lowest BCUT2D eigenvalue weighted by Gasteiger charge is -2.28. The number of hydrogen-bond acceptors (Lipinski definition) is 4. The minimum absolute atomic E-state index is 0.0173. The van der Waals surface area contributed by atoms with Gasteiger partial charge >= 0.3 is 0 Å². The summed E-state index contributed by atoms with van der Waals surface area (Å²) in [6, 6.07) is -0.389. The van der Waals surface area contributed by atoms with Crippen LogP contribution in [0, 0.1) is 5.92 Å². The second-order valence-electron chi connectivity index (χ2n) is 5.93. The molecule has 1 N–H and O–H groups in total. The summed E-state index contributed by atoms with van der Waals surface area (Å²) in [6.07, 6.45) is 3.29. The first kappa shape index (κ1) is 16.2. The van der Waals surface area contributed by atoms with Crippen LogP contribution in [-0.2, 0) is 19.1 Å². The van der Waals surface area contributed by atoms with Crippen LogP contribution < -0.4 is 5.32 Å². The zero-order valence-corrected chi connectivity index (χ0v) is 13.0. The van der Waals surface area contributed by atoms with E-state index in [9.17, 15) is 9.59 Å². The molecule has 2 fully saturated rings. The number of methoxy groups -OCH3 is 1. The molecule has 2 rings (SSSR count). The van der Waals surface area contributed by atoms with Crippen LogP contribution in [0.4, 0.5) is 0 Å². The number of rotatable bonds is 8. The smallest absolute Gasteiger partial charge is 0.245 e. The molecule has 1 aliphatic carbocycles. The average molecular weight is 298 g/mol. The molecule has 2 unspecified atom stereocenters. The quantitative estimate of drug-likeness (QED) is 0.665. The molecular weight excluding hydrogens is 272 g/mol. The summed E-state index contributed by atoms with van der Waals surface area (Å²) in [4.78, 5) is 26.2. The molecule has 0 bridgehead atoms. The molecule has 1 saturated carbocycles. The molecule has 2 atom stereocenters. The highest BCUT2D eigenvalue weighted by molar-refractivity contribution is 5.91. The van der Waals surface area contributed by atoms with E-state index in [2.05, 4.69) is 5.32 Å². The third kappa shape index (κ3) is 4.68. The Morgan fingerprint density at radius 2 is 2.00 bits per heavy atom. The van der Waals surface area contributed by atoms with Crippen LogP contribution in [0.5, 0.6) is 0 Å². The highest BCUT2D eigenvalue weighted by atomic mass is 16.5. The molecule has 6 nitrogen and oxygen atoms in total. The van der Waals surface area contributed by atoms with E-state index in [0.29, 0.717) is 38.7 Å². The lowest BCUT2D eigenvalue weighted by Crippen LogP contribution is -2.48. The van der Waals surface area contributed by atoms with E-state index in [-0.39, 0.29) is 23.9 Å². The second-order valence-corrected chi connectivity index (χ2v) is 5.93. The van der Waals surface area contributed by atoms with E-state index in [1.54, 1.807) is 12.0 Å². The molecule has 0 spiro atoms. The van der Waals surface area contributed by atoms with Crippen LogP contribution in [0.2, 0.25) is 0 Å². The number of nitrogens with zero attached hydrogens (tertiary/aromatic N) is 1. The van der Waals surface area contributed by atoms with Gasteiger partial charge < -0.3 is 19.7 Å². The van der Waals surface area contributed by atoms with Crippen molar-refractivity contribution in [2.75, 3.05) is 33.5 Å². The van der Waals surface area contributed by atoms with E-state index < -0.39 is 0 Å². The van der Waals surface area contributed by atoms with Gasteiger partial charge in [-0.3, -0.25) is 9.59 Å². The minimum Gasteiger partial charge on any atom is -0.385 e. The van der Waals surface area contributed by atoms with Crippen molar-refractivity contribution in [3.63, 3.8) is 0 Å². The van der Waals surface area contributed by atoms with Gasteiger partial charge in [-0.1, -0.05) is 0 Å². The lowest BCUT2D eigenvalue weighted by atomic mass is 10.1. The maximum atomic E-state index is 12.6. The van der Waals surface area contributed by atoms with Crippen molar-refractivity contribution in [2.45, 2.75) is 44.7 Å². The molecular formula is C15H26N2O4. The fourth-order valence-electron chi connectivity index (χ4n) is 2.72. The zero-order valence-electron chi connectivity index (χ0n) is 13.0. The van der Waals surface area contributed by atoms with Crippen molar-refractivity contribution in [3.05, 3.63) is 0 Å². The van der Waals surface area contributed by atoms with Crippen LogP contribution in [0.25, 0.3) is 0 Å². The van der Waals surface area contributed by atoms with Gasteiger partial charge in [0.25, 0.3) is 0 Å². The Labute approximate surface area is 126 Å². The molecule has 1 saturated heterocycles. The number of carbonyl (C=O) groups is 2. The SMILES string of the molecule is COCCCOCCN1C(=O)C(C2CC2)NC(=O)CC1C. The largest absolute Gasteiger partial charge is 0.385 e. The van der Waals surface area contributed by atoms with Gasteiger partial charge in [0, 0.05) is 39.3 Å². The van der Waals surface area contributed by atoms with Crippen molar-refractivity contribution >= 4 is 11.8 Å². The van der Waals surface area contributed by atoms with Crippen LogP contribution >= 0.6 is 0 Å². The summed E-state index contributed by atoms with van der Waals surface area (Å²) in [5, 5.41) is 2.88. The molecule has 6 heteroatoms. The van der Waals surface area contributed by atoms with E-state index in [1.165, 1.54) is 0 Å².